The molecule has 1 aromatic rings. The fraction of sp³-hybridized carbons (Fsp3) is 0.556. The van der Waals surface area contributed by atoms with E-state index < -0.39 is 10.0 Å². The summed E-state index contributed by atoms with van der Waals surface area (Å²) < 4.78 is 28.9. The van der Waals surface area contributed by atoms with Crippen molar-refractivity contribution in [3.63, 3.8) is 0 Å². The molecule has 3 N–H and O–H groups in total. The Morgan fingerprint density at radius 2 is 2.17 bits per heavy atom. The van der Waals surface area contributed by atoms with Gasteiger partial charge >= 0.3 is 0 Å². The number of sulfonamides is 1. The first-order chi connectivity index (χ1) is 8.44. The Balaban J connectivity index is 2.45. The van der Waals surface area contributed by atoms with Gasteiger partial charge in [-0.3, -0.25) is 4.79 Å². The lowest BCUT2D eigenvalue weighted by Gasteiger charge is -2.08. The molecule has 0 spiro atoms. The van der Waals surface area contributed by atoms with Crippen molar-refractivity contribution >= 4 is 15.8 Å². The number of H-pyrrole nitrogens is 1. The van der Waals surface area contributed by atoms with Crippen molar-refractivity contribution in [2.45, 2.75) is 6.42 Å². The molecule has 102 valence electrons. The van der Waals surface area contributed by atoms with E-state index in [-0.39, 0.29) is 11.3 Å². The van der Waals surface area contributed by atoms with Gasteiger partial charge in [-0.1, -0.05) is 0 Å². The van der Waals surface area contributed by atoms with Crippen LogP contribution >= 0.6 is 0 Å². The third kappa shape index (κ3) is 4.72. The zero-order valence-electron chi connectivity index (χ0n) is 10.2. The van der Waals surface area contributed by atoms with Crippen LogP contribution in [0.1, 0.15) is 6.42 Å². The molecule has 0 saturated heterocycles. The Kier molecular flexibility index (Phi) is 5.10. The summed E-state index contributed by atoms with van der Waals surface area (Å²) in [6, 6.07) is 0. The standard InChI is InChI=1S/C9H16N4O4S/c1-17-7-8(11-6-12-9(7)14)10-4-3-5-13-18(2,15)16/h6,13H,3-5H2,1-2H3,(H2,10,11,12,14). The Morgan fingerprint density at radius 3 is 2.78 bits per heavy atom. The first kappa shape index (κ1) is 14.5. The van der Waals surface area contributed by atoms with Gasteiger partial charge in [0.2, 0.25) is 15.8 Å². The van der Waals surface area contributed by atoms with Crippen LogP contribution in [0.25, 0.3) is 0 Å². The minimum absolute atomic E-state index is 0.105. The van der Waals surface area contributed by atoms with Gasteiger partial charge in [0.1, 0.15) is 0 Å². The lowest BCUT2D eigenvalue weighted by Crippen LogP contribution is -2.24. The summed E-state index contributed by atoms with van der Waals surface area (Å²) in [5.41, 5.74) is -0.371. The Hall–Kier alpha value is -1.61. The lowest BCUT2D eigenvalue weighted by molar-refractivity contribution is 0.408. The maximum absolute atomic E-state index is 11.3. The highest BCUT2D eigenvalue weighted by atomic mass is 32.2. The number of methoxy groups -OCH3 is 1. The average molecular weight is 276 g/mol. The van der Waals surface area contributed by atoms with E-state index in [4.69, 9.17) is 4.74 Å². The second kappa shape index (κ2) is 6.36. The molecule has 0 aromatic carbocycles. The third-order valence-electron chi connectivity index (χ3n) is 2.02. The van der Waals surface area contributed by atoms with Crippen LogP contribution in [-0.2, 0) is 10.0 Å². The summed E-state index contributed by atoms with van der Waals surface area (Å²) in [6.45, 7) is 0.784. The van der Waals surface area contributed by atoms with E-state index in [0.717, 1.165) is 6.26 Å². The number of aromatic nitrogens is 2. The number of nitrogens with one attached hydrogen (secondary N) is 3. The van der Waals surface area contributed by atoms with Gasteiger partial charge < -0.3 is 15.0 Å². The quantitative estimate of drug-likeness (QED) is 0.558. The highest BCUT2D eigenvalue weighted by Gasteiger charge is 2.07. The van der Waals surface area contributed by atoms with E-state index in [9.17, 15) is 13.2 Å². The zero-order chi connectivity index (χ0) is 13.6. The molecule has 1 rings (SSSR count). The summed E-state index contributed by atoms with van der Waals surface area (Å²) >= 11 is 0. The molecule has 0 amide bonds. The monoisotopic (exact) mass is 276 g/mol. The largest absolute Gasteiger partial charge is 0.489 e. The molecule has 0 aliphatic rings. The molecule has 18 heavy (non-hydrogen) atoms. The molecular formula is C9H16N4O4S. The topological polar surface area (TPSA) is 113 Å². The Labute approximate surface area is 105 Å². The normalized spacial score (nSPS) is 11.2. The van der Waals surface area contributed by atoms with E-state index in [1.54, 1.807) is 0 Å². The Bertz CT molecular complexity index is 540. The molecule has 0 radical (unpaired) electrons. The van der Waals surface area contributed by atoms with Crippen molar-refractivity contribution in [3.05, 3.63) is 16.7 Å². The summed E-state index contributed by atoms with van der Waals surface area (Å²) in [7, 11) is -1.78. The molecule has 1 aromatic heterocycles. The highest BCUT2D eigenvalue weighted by Crippen LogP contribution is 2.13. The van der Waals surface area contributed by atoms with Crippen molar-refractivity contribution in [1.82, 2.24) is 14.7 Å². The maximum atomic E-state index is 11.3. The number of rotatable bonds is 7. The molecule has 1 heterocycles. The van der Waals surface area contributed by atoms with Crippen molar-refractivity contribution in [1.29, 1.82) is 0 Å². The van der Waals surface area contributed by atoms with Crippen LogP contribution in [0.5, 0.6) is 5.75 Å². The second-order valence-electron chi connectivity index (χ2n) is 3.56. The number of ether oxygens (including phenoxy) is 1. The molecule has 0 atom stereocenters. The van der Waals surface area contributed by atoms with Gasteiger partial charge in [0.15, 0.2) is 5.82 Å². The van der Waals surface area contributed by atoms with Crippen LogP contribution in [0.2, 0.25) is 0 Å². The Morgan fingerprint density at radius 1 is 1.44 bits per heavy atom. The van der Waals surface area contributed by atoms with Crippen LogP contribution in [0.3, 0.4) is 0 Å². The van der Waals surface area contributed by atoms with Crippen molar-refractivity contribution in [2.24, 2.45) is 0 Å². The number of aromatic amines is 1. The third-order valence-corrected chi connectivity index (χ3v) is 2.75. The van der Waals surface area contributed by atoms with Gasteiger partial charge in [-0.05, 0) is 6.42 Å². The summed E-state index contributed by atoms with van der Waals surface area (Å²) in [4.78, 5) is 17.7. The van der Waals surface area contributed by atoms with Gasteiger partial charge in [0.25, 0.3) is 5.56 Å². The zero-order valence-corrected chi connectivity index (χ0v) is 11.0. The number of anilines is 1. The van der Waals surface area contributed by atoms with Crippen LogP contribution in [-0.4, -0.2) is 44.8 Å². The van der Waals surface area contributed by atoms with E-state index in [2.05, 4.69) is 20.0 Å². The van der Waals surface area contributed by atoms with Crippen LogP contribution in [0, 0.1) is 0 Å². The average Bonchev–Trinajstić information content (AvgIpc) is 2.27. The second-order valence-corrected chi connectivity index (χ2v) is 5.39. The SMILES string of the molecule is COc1c(NCCCNS(C)(=O)=O)nc[nH]c1=O. The predicted molar refractivity (Wildman–Crippen MR) is 67.4 cm³/mol. The van der Waals surface area contributed by atoms with Crippen molar-refractivity contribution in [3.8, 4) is 5.75 Å². The first-order valence-corrected chi connectivity index (χ1v) is 7.13. The fourth-order valence-corrected chi connectivity index (χ4v) is 1.77. The van der Waals surface area contributed by atoms with Gasteiger partial charge in [0.05, 0.1) is 19.7 Å². The highest BCUT2D eigenvalue weighted by molar-refractivity contribution is 7.88. The molecule has 0 aliphatic heterocycles. The molecule has 8 nitrogen and oxygen atoms in total. The van der Waals surface area contributed by atoms with Crippen molar-refractivity contribution < 1.29 is 13.2 Å². The first-order valence-electron chi connectivity index (χ1n) is 5.24. The number of nitrogens with zero attached hydrogens (tertiary/aromatic N) is 1. The smallest absolute Gasteiger partial charge is 0.295 e. The molecule has 0 unspecified atom stereocenters. The van der Waals surface area contributed by atoms with Gasteiger partial charge in [-0.15, -0.1) is 0 Å². The minimum atomic E-state index is -3.16. The van der Waals surface area contributed by atoms with Gasteiger partial charge in [0, 0.05) is 13.1 Å². The summed E-state index contributed by atoms with van der Waals surface area (Å²) in [5.74, 6) is 0.439. The van der Waals surface area contributed by atoms with Gasteiger partial charge in [-0.2, -0.15) is 0 Å². The molecular weight excluding hydrogens is 260 g/mol. The maximum Gasteiger partial charge on any atom is 0.295 e. The van der Waals surface area contributed by atoms with E-state index >= 15 is 0 Å². The summed E-state index contributed by atoms with van der Waals surface area (Å²) in [6.07, 6.45) is 2.92. The van der Waals surface area contributed by atoms with E-state index in [1.165, 1.54) is 13.4 Å². The predicted octanol–water partition coefficient (Wildman–Crippen LogP) is -0.870. The van der Waals surface area contributed by atoms with Crippen LogP contribution < -0.4 is 20.3 Å². The number of hydrogen-bond donors (Lipinski definition) is 3. The molecule has 9 heteroatoms. The van der Waals surface area contributed by atoms with Crippen LogP contribution in [0.15, 0.2) is 11.1 Å². The van der Waals surface area contributed by atoms with Crippen molar-refractivity contribution in [2.75, 3.05) is 31.8 Å². The molecule has 0 saturated carbocycles. The minimum Gasteiger partial charge on any atom is -0.489 e. The van der Waals surface area contributed by atoms with Crippen LogP contribution in [0.4, 0.5) is 5.82 Å². The summed E-state index contributed by atoms with van der Waals surface area (Å²) in [5, 5.41) is 2.90. The molecule has 0 bridgehead atoms. The van der Waals surface area contributed by atoms with E-state index in [1.807, 2.05) is 0 Å². The van der Waals surface area contributed by atoms with Gasteiger partial charge in [-0.25, -0.2) is 18.1 Å². The molecule has 0 aliphatic carbocycles. The molecule has 0 fully saturated rings. The van der Waals surface area contributed by atoms with E-state index in [0.29, 0.717) is 25.3 Å². The number of hydrogen-bond acceptors (Lipinski definition) is 6. The lowest BCUT2D eigenvalue weighted by atomic mass is 10.4. The fourth-order valence-electron chi connectivity index (χ4n) is 1.26.